The Labute approximate surface area is 246 Å². The summed E-state index contributed by atoms with van der Waals surface area (Å²) in [7, 11) is -2.54. The number of rotatable bonds is 18. The Morgan fingerprint density at radius 3 is 1.71 bits per heavy atom. The summed E-state index contributed by atoms with van der Waals surface area (Å²) < 4.78 is 39.9. The van der Waals surface area contributed by atoms with Gasteiger partial charge in [-0.05, 0) is 35.2 Å². The summed E-state index contributed by atoms with van der Waals surface area (Å²) in [6, 6.07) is 21.2. The smallest absolute Gasteiger partial charge is 0.332 e. The fourth-order valence-electron chi connectivity index (χ4n) is 5.00. The van der Waals surface area contributed by atoms with Gasteiger partial charge >= 0.3 is 5.97 Å². The molecule has 0 spiro atoms. The lowest BCUT2D eigenvalue weighted by Gasteiger charge is -2.43. The highest BCUT2D eigenvalue weighted by molar-refractivity contribution is 6.99. The molecule has 0 N–H and O–H groups in total. The number of carbonyl (C=O) groups excluding carboxylic acids is 1. The normalized spacial score (nSPS) is 17.9. The summed E-state index contributed by atoms with van der Waals surface area (Å²) in [5.41, 5.74) is 0. The van der Waals surface area contributed by atoms with Gasteiger partial charge in [-0.1, -0.05) is 81.4 Å². The maximum atomic E-state index is 11.8. The summed E-state index contributed by atoms with van der Waals surface area (Å²) >= 11 is 0. The van der Waals surface area contributed by atoms with E-state index in [4.69, 9.17) is 32.8 Å². The molecule has 2 atom stereocenters. The van der Waals surface area contributed by atoms with Crippen molar-refractivity contribution in [3.8, 4) is 0 Å². The molecule has 0 bridgehead atoms. The molecule has 0 aromatic heterocycles. The van der Waals surface area contributed by atoms with E-state index in [-0.39, 0.29) is 29.8 Å². The molecule has 1 heterocycles. The fraction of sp³-hybridized carbons (Fsp3) is 0.594. The molecule has 0 aliphatic carbocycles. The number of benzene rings is 2. The van der Waals surface area contributed by atoms with Crippen LogP contribution in [-0.2, 0) is 37.6 Å². The average molecular weight is 589 g/mol. The van der Waals surface area contributed by atoms with E-state index in [0.29, 0.717) is 59.5 Å². The van der Waals surface area contributed by atoms with Gasteiger partial charge in [0, 0.05) is 0 Å². The standard InChI is InChI=1S/C32H48O8Si/c1-27-15-16-28(25-38-27)40-31(33)26-37-22-21-35-18-17-34-19-20-36-23-24-39-41(32(2,3)4,29-11-7-5-8-12-29)30-13-9-6-10-14-30/h5-14,27-28H,15-26H2,1-4H3. The molecule has 2 aromatic carbocycles. The SMILES string of the molecule is CC1CCC(OC(=O)COCCOCCOCCOCCO[Si](c2ccccc2)(c2ccccc2)C(C)(C)C)CO1. The Morgan fingerprint density at radius 1 is 0.756 bits per heavy atom. The van der Waals surface area contributed by atoms with Crippen molar-refractivity contribution in [1.29, 1.82) is 0 Å². The Hall–Kier alpha value is -2.11. The Morgan fingerprint density at radius 2 is 1.24 bits per heavy atom. The summed E-state index contributed by atoms with van der Waals surface area (Å²) in [5.74, 6) is -0.367. The van der Waals surface area contributed by atoms with E-state index in [2.05, 4.69) is 69.3 Å². The van der Waals surface area contributed by atoms with Crippen molar-refractivity contribution in [2.24, 2.45) is 0 Å². The molecule has 0 radical (unpaired) electrons. The second kappa shape index (κ2) is 17.8. The van der Waals surface area contributed by atoms with E-state index in [1.807, 2.05) is 19.1 Å². The van der Waals surface area contributed by atoms with E-state index in [0.717, 1.165) is 12.8 Å². The molecule has 8 nitrogen and oxygen atoms in total. The van der Waals surface area contributed by atoms with Gasteiger partial charge in [-0.15, -0.1) is 0 Å². The van der Waals surface area contributed by atoms with Crippen LogP contribution in [0.5, 0.6) is 0 Å². The maximum Gasteiger partial charge on any atom is 0.332 e. The Bertz CT molecular complexity index is 935. The van der Waals surface area contributed by atoms with Crippen molar-refractivity contribution < 1.29 is 37.6 Å². The molecule has 2 aromatic rings. The van der Waals surface area contributed by atoms with Gasteiger partial charge in [0.25, 0.3) is 8.32 Å². The molecule has 0 amide bonds. The van der Waals surface area contributed by atoms with Crippen molar-refractivity contribution >= 4 is 24.7 Å². The van der Waals surface area contributed by atoms with Crippen LogP contribution in [0.2, 0.25) is 5.04 Å². The fourth-order valence-corrected chi connectivity index (χ4v) is 9.55. The summed E-state index contributed by atoms with van der Waals surface area (Å²) in [4.78, 5) is 11.8. The Kier molecular flexibility index (Phi) is 14.5. The lowest BCUT2D eigenvalue weighted by atomic mass is 10.1. The van der Waals surface area contributed by atoms with E-state index in [1.54, 1.807) is 0 Å². The molecular weight excluding hydrogens is 540 g/mol. The van der Waals surface area contributed by atoms with E-state index >= 15 is 0 Å². The van der Waals surface area contributed by atoms with Crippen molar-refractivity contribution in [1.82, 2.24) is 0 Å². The third-order valence-electron chi connectivity index (χ3n) is 7.06. The predicted molar refractivity (Wildman–Crippen MR) is 161 cm³/mol. The van der Waals surface area contributed by atoms with Crippen LogP contribution in [-0.4, -0.2) is 92.6 Å². The van der Waals surface area contributed by atoms with Gasteiger partial charge in [0.1, 0.15) is 12.7 Å². The van der Waals surface area contributed by atoms with Crippen LogP contribution in [0.15, 0.2) is 60.7 Å². The number of ether oxygens (including phenoxy) is 6. The first-order valence-corrected chi connectivity index (χ1v) is 16.6. The van der Waals surface area contributed by atoms with Crippen molar-refractivity contribution in [3.63, 3.8) is 0 Å². The van der Waals surface area contributed by atoms with E-state index < -0.39 is 8.32 Å². The maximum absolute atomic E-state index is 11.8. The average Bonchev–Trinajstić information content (AvgIpc) is 2.97. The minimum Gasteiger partial charge on any atom is -0.458 e. The monoisotopic (exact) mass is 588 g/mol. The summed E-state index contributed by atoms with van der Waals surface area (Å²) in [5, 5.41) is 2.46. The summed E-state index contributed by atoms with van der Waals surface area (Å²) in [6.45, 7) is 12.8. The molecule has 0 saturated carbocycles. The first kappa shape index (κ1) is 33.4. The topological polar surface area (TPSA) is 81.7 Å². The third kappa shape index (κ3) is 10.9. The van der Waals surface area contributed by atoms with Gasteiger partial charge in [-0.3, -0.25) is 0 Å². The van der Waals surface area contributed by atoms with Gasteiger partial charge in [-0.2, -0.15) is 0 Å². The highest BCUT2D eigenvalue weighted by atomic mass is 28.4. The van der Waals surface area contributed by atoms with E-state index in [1.165, 1.54) is 10.4 Å². The lowest BCUT2D eigenvalue weighted by molar-refractivity contribution is -0.163. The van der Waals surface area contributed by atoms with Gasteiger partial charge in [0.2, 0.25) is 0 Å². The number of carbonyl (C=O) groups is 1. The van der Waals surface area contributed by atoms with Gasteiger partial charge in [-0.25, -0.2) is 4.79 Å². The predicted octanol–water partition coefficient (Wildman–Crippen LogP) is 3.74. The highest BCUT2D eigenvalue weighted by Gasteiger charge is 2.50. The van der Waals surface area contributed by atoms with Gasteiger partial charge in [0.15, 0.2) is 0 Å². The summed E-state index contributed by atoms with van der Waals surface area (Å²) in [6.07, 6.45) is 1.79. The minimum absolute atomic E-state index is 0.0591. The van der Waals surface area contributed by atoms with Crippen molar-refractivity contribution in [2.45, 2.75) is 57.8 Å². The Balaban J connectivity index is 1.24. The van der Waals surface area contributed by atoms with Crippen LogP contribution in [0.3, 0.4) is 0 Å². The van der Waals surface area contributed by atoms with Gasteiger partial charge < -0.3 is 32.8 Å². The first-order chi connectivity index (χ1) is 19.8. The lowest BCUT2D eigenvalue weighted by Crippen LogP contribution is -2.66. The van der Waals surface area contributed by atoms with Crippen molar-refractivity contribution in [3.05, 3.63) is 60.7 Å². The quantitative estimate of drug-likeness (QED) is 0.148. The first-order valence-electron chi connectivity index (χ1n) is 14.7. The van der Waals surface area contributed by atoms with E-state index in [9.17, 15) is 4.79 Å². The van der Waals surface area contributed by atoms with Crippen molar-refractivity contribution in [2.75, 3.05) is 66.1 Å². The zero-order valence-corrected chi connectivity index (χ0v) is 26.2. The van der Waals surface area contributed by atoms with Crippen LogP contribution in [0, 0.1) is 0 Å². The molecule has 2 unspecified atom stereocenters. The highest BCUT2D eigenvalue weighted by Crippen LogP contribution is 2.36. The molecule has 41 heavy (non-hydrogen) atoms. The second-order valence-corrected chi connectivity index (χ2v) is 15.5. The van der Waals surface area contributed by atoms with Crippen LogP contribution in [0.1, 0.15) is 40.5 Å². The number of esters is 1. The molecule has 1 aliphatic heterocycles. The van der Waals surface area contributed by atoms with Gasteiger partial charge in [0.05, 0.1) is 65.6 Å². The number of hydrogen-bond donors (Lipinski definition) is 0. The minimum atomic E-state index is -2.54. The molecule has 3 rings (SSSR count). The molecule has 1 aliphatic rings. The van der Waals surface area contributed by atoms with Crippen LogP contribution in [0.25, 0.3) is 0 Å². The zero-order chi connectivity index (χ0) is 29.4. The molecule has 9 heteroatoms. The second-order valence-electron chi connectivity index (χ2n) is 11.2. The molecular formula is C32H48O8Si. The molecule has 1 saturated heterocycles. The number of hydrogen-bond acceptors (Lipinski definition) is 8. The van der Waals surface area contributed by atoms with Crippen LogP contribution in [0.4, 0.5) is 0 Å². The zero-order valence-electron chi connectivity index (χ0n) is 25.2. The molecule has 228 valence electrons. The van der Waals surface area contributed by atoms with Crippen LogP contribution < -0.4 is 10.4 Å². The molecule has 1 fully saturated rings. The largest absolute Gasteiger partial charge is 0.458 e. The third-order valence-corrected chi connectivity index (χ3v) is 12.1. The van der Waals surface area contributed by atoms with Crippen LogP contribution >= 0.6 is 0 Å².